The zero-order valence-corrected chi connectivity index (χ0v) is 25.7. The lowest BCUT2D eigenvalue weighted by Crippen LogP contribution is -2.58. The van der Waals surface area contributed by atoms with Crippen LogP contribution in [0.2, 0.25) is 0 Å². The van der Waals surface area contributed by atoms with Gasteiger partial charge in [-0.15, -0.1) is 0 Å². The van der Waals surface area contributed by atoms with Gasteiger partial charge in [-0.25, -0.2) is 0 Å². The fourth-order valence-corrected chi connectivity index (χ4v) is 8.25. The molecule has 6 rings (SSSR count). The highest BCUT2D eigenvalue weighted by atomic mass is 16.5. The molecule has 5 aliphatic rings. The van der Waals surface area contributed by atoms with E-state index in [-0.39, 0.29) is 23.8 Å². The van der Waals surface area contributed by atoms with Gasteiger partial charge in [0.25, 0.3) is 0 Å². The van der Waals surface area contributed by atoms with Gasteiger partial charge in [-0.05, 0) is 87.7 Å². The molecule has 4 heterocycles. The smallest absolute Gasteiger partial charge is 0.246 e. The molecule has 0 aromatic heterocycles. The van der Waals surface area contributed by atoms with E-state index in [9.17, 15) is 14.4 Å². The summed E-state index contributed by atoms with van der Waals surface area (Å²) < 4.78 is 6.55. The molecule has 1 aromatic carbocycles. The largest absolute Gasteiger partial charge is 0.359 e. The number of anilines is 1. The van der Waals surface area contributed by atoms with E-state index in [1.54, 1.807) is 4.90 Å². The number of fused-ring (bicyclic) bond motifs is 1. The minimum Gasteiger partial charge on any atom is -0.359 e. The topological polar surface area (TPSA) is 91.0 Å². The molecule has 1 saturated carbocycles. The van der Waals surface area contributed by atoms with Gasteiger partial charge in [-0.3, -0.25) is 14.4 Å². The number of amides is 3. The summed E-state index contributed by atoms with van der Waals surface area (Å²) in [5, 5.41) is 6.39. The van der Waals surface area contributed by atoms with Gasteiger partial charge < -0.3 is 25.2 Å². The van der Waals surface area contributed by atoms with Gasteiger partial charge in [0.15, 0.2) is 0 Å². The van der Waals surface area contributed by atoms with Crippen LogP contribution in [0.25, 0.3) is 0 Å². The maximum absolute atomic E-state index is 14.3. The molecule has 8 heteroatoms. The predicted octanol–water partition coefficient (Wildman–Crippen LogP) is 4.15. The quantitative estimate of drug-likeness (QED) is 0.454. The number of piperidine rings is 1. The van der Waals surface area contributed by atoms with Crippen molar-refractivity contribution < 1.29 is 19.1 Å². The van der Waals surface area contributed by atoms with Crippen molar-refractivity contribution in [1.82, 2.24) is 15.1 Å². The number of hydrogen-bond acceptors (Lipinski definition) is 5. The summed E-state index contributed by atoms with van der Waals surface area (Å²) in [5.41, 5.74) is 0.626. The lowest BCUT2D eigenvalue weighted by molar-refractivity contribution is -0.141. The Balaban J connectivity index is 1.24. The van der Waals surface area contributed by atoms with Crippen molar-refractivity contribution >= 4 is 23.4 Å². The molecule has 228 valence electrons. The Bertz CT molecular complexity index is 1230. The Labute approximate surface area is 250 Å². The first-order valence-corrected chi connectivity index (χ1v) is 16.3. The molecule has 0 radical (unpaired) electrons. The summed E-state index contributed by atoms with van der Waals surface area (Å²) in [6, 6.07) is 6.96. The number of hydrogen-bond donors (Lipinski definition) is 2. The van der Waals surface area contributed by atoms with Crippen LogP contribution in [0.5, 0.6) is 0 Å². The van der Waals surface area contributed by atoms with Crippen LogP contribution in [-0.2, 0) is 19.1 Å². The number of nitrogens with zero attached hydrogens (tertiary/aromatic N) is 2. The van der Waals surface area contributed by atoms with E-state index in [2.05, 4.69) is 36.3 Å². The molecule has 8 nitrogen and oxygen atoms in total. The van der Waals surface area contributed by atoms with E-state index in [0.717, 1.165) is 50.4 Å². The standard InChI is InChI=1S/C34H48N4O4/c1-21-13-18-37(19-14-21)16-7-17-38-30(32(40)36-26-11-6-9-23(3)24(26)4)34-15-12-27(42-34)28(29(34)33(38)41)31(39)35-25-10-5-8-22(2)20-25/h5,8,10,12,15,20-21,23-24,26-30H,6-7,9,11,13-14,16-19H2,1-4H3,(H,35,39)(H,36,40)/t23-,24-,26+,27-,28+,29-,30-,34-/m0/s1. The normalized spacial score (nSPS) is 36.3. The molecule has 4 aliphatic heterocycles. The third-order valence-corrected chi connectivity index (χ3v) is 11.0. The van der Waals surface area contributed by atoms with Crippen molar-refractivity contribution in [1.29, 1.82) is 0 Å². The lowest BCUT2D eigenvalue weighted by atomic mass is 9.73. The first-order chi connectivity index (χ1) is 20.2. The van der Waals surface area contributed by atoms with Crippen molar-refractivity contribution in [2.24, 2.45) is 29.6 Å². The second-order valence-electron chi connectivity index (χ2n) is 13.9. The second kappa shape index (κ2) is 11.8. The van der Waals surface area contributed by atoms with Crippen molar-refractivity contribution in [3.63, 3.8) is 0 Å². The number of carbonyl (C=O) groups excluding carboxylic acids is 3. The Hall–Kier alpha value is -2.71. The van der Waals surface area contributed by atoms with Crippen molar-refractivity contribution in [3.8, 4) is 0 Å². The van der Waals surface area contributed by atoms with Crippen LogP contribution >= 0.6 is 0 Å². The molecular weight excluding hydrogens is 528 g/mol. The summed E-state index contributed by atoms with van der Waals surface area (Å²) >= 11 is 0. The summed E-state index contributed by atoms with van der Waals surface area (Å²) in [6.45, 7) is 12.3. The fourth-order valence-electron chi connectivity index (χ4n) is 8.25. The number of aryl methyl sites for hydroxylation is 1. The average molecular weight is 577 g/mol. The number of likely N-dealkylation sites (tertiary alicyclic amines) is 2. The molecule has 2 N–H and O–H groups in total. The molecular formula is C34H48N4O4. The highest BCUT2D eigenvalue weighted by Crippen LogP contribution is 2.55. The van der Waals surface area contributed by atoms with Gasteiger partial charge in [-0.2, -0.15) is 0 Å². The number of nitrogens with one attached hydrogen (secondary N) is 2. The monoisotopic (exact) mass is 576 g/mol. The highest BCUT2D eigenvalue weighted by molar-refractivity contribution is 6.02. The first kappa shape index (κ1) is 29.4. The molecule has 4 fully saturated rings. The van der Waals surface area contributed by atoms with Crippen LogP contribution < -0.4 is 10.6 Å². The van der Waals surface area contributed by atoms with E-state index in [0.29, 0.717) is 24.1 Å². The Morgan fingerprint density at radius 2 is 1.83 bits per heavy atom. The molecule has 1 aliphatic carbocycles. The summed E-state index contributed by atoms with van der Waals surface area (Å²) in [5.74, 6) is -0.234. The second-order valence-corrected chi connectivity index (χ2v) is 13.9. The predicted molar refractivity (Wildman–Crippen MR) is 163 cm³/mol. The molecule has 3 amide bonds. The lowest BCUT2D eigenvalue weighted by Gasteiger charge is -2.38. The molecule has 1 spiro atoms. The van der Waals surface area contributed by atoms with E-state index in [1.165, 1.54) is 19.3 Å². The van der Waals surface area contributed by atoms with Gasteiger partial charge in [0, 0.05) is 18.3 Å². The summed E-state index contributed by atoms with van der Waals surface area (Å²) in [7, 11) is 0. The van der Waals surface area contributed by atoms with Gasteiger partial charge in [-0.1, -0.05) is 57.9 Å². The van der Waals surface area contributed by atoms with E-state index in [1.807, 2.05) is 43.3 Å². The minimum atomic E-state index is -1.12. The minimum absolute atomic E-state index is 0.0759. The first-order valence-electron chi connectivity index (χ1n) is 16.3. The molecule has 8 atom stereocenters. The van der Waals surface area contributed by atoms with Crippen molar-refractivity contribution in [3.05, 3.63) is 42.0 Å². The maximum Gasteiger partial charge on any atom is 0.246 e. The molecule has 1 aromatic rings. The van der Waals surface area contributed by atoms with Crippen LogP contribution in [0.15, 0.2) is 36.4 Å². The molecule has 3 saturated heterocycles. The number of rotatable bonds is 8. The van der Waals surface area contributed by atoms with Gasteiger partial charge in [0.2, 0.25) is 17.7 Å². The maximum atomic E-state index is 14.3. The van der Waals surface area contributed by atoms with Crippen LogP contribution in [0, 0.1) is 36.5 Å². The van der Waals surface area contributed by atoms with Crippen molar-refractivity contribution in [2.45, 2.75) is 90.0 Å². The Kier molecular flexibility index (Phi) is 8.22. The van der Waals surface area contributed by atoms with E-state index >= 15 is 0 Å². The van der Waals surface area contributed by atoms with Crippen LogP contribution in [0.4, 0.5) is 5.69 Å². The summed E-state index contributed by atoms with van der Waals surface area (Å²) in [6.07, 6.45) is 9.70. The fraction of sp³-hybridized carbons (Fsp3) is 0.676. The molecule has 42 heavy (non-hydrogen) atoms. The summed E-state index contributed by atoms with van der Waals surface area (Å²) in [4.78, 5) is 46.5. The SMILES string of the molecule is Cc1cccc(NC(=O)[C@@H]2[C@@H]3C=C[C@]4(O3)[C@@H]2C(=O)N(CCCN2CCC(C)CC2)[C@H]4C(=O)N[C@@H]2CCC[C@H](C)[C@@H]2C)c1. The van der Waals surface area contributed by atoms with Crippen LogP contribution in [0.1, 0.15) is 64.9 Å². The number of carbonyl (C=O) groups is 3. The van der Waals surface area contributed by atoms with E-state index < -0.39 is 29.6 Å². The molecule has 0 unspecified atom stereocenters. The van der Waals surface area contributed by atoms with Crippen LogP contribution in [-0.4, -0.2) is 77.5 Å². The van der Waals surface area contributed by atoms with Gasteiger partial charge >= 0.3 is 0 Å². The molecule has 2 bridgehead atoms. The van der Waals surface area contributed by atoms with Crippen LogP contribution in [0.3, 0.4) is 0 Å². The third-order valence-electron chi connectivity index (χ3n) is 11.0. The van der Waals surface area contributed by atoms with E-state index in [4.69, 9.17) is 4.74 Å². The Morgan fingerprint density at radius 3 is 2.60 bits per heavy atom. The van der Waals surface area contributed by atoms with Gasteiger partial charge in [0.05, 0.1) is 17.9 Å². The number of benzene rings is 1. The Morgan fingerprint density at radius 1 is 1.05 bits per heavy atom. The van der Waals surface area contributed by atoms with Crippen molar-refractivity contribution in [2.75, 3.05) is 31.5 Å². The average Bonchev–Trinajstić information content (AvgIpc) is 3.60. The zero-order valence-electron chi connectivity index (χ0n) is 25.7. The highest BCUT2D eigenvalue weighted by Gasteiger charge is 2.72. The zero-order chi connectivity index (χ0) is 29.6. The third kappa shape index (κ3) is 5.30. The number of ether oxygens (including phenoxy) is 1. The van der Waals surface area contributed by atoms with Gasteiger partial charge in [0.1, 0.15) is 11.6 Å².